The van der Waals surface area contributed by atoms with Gasteiger partial charge in [-0.1, -0.05) is 6.07 Å². The van der Waals surface area contributed by atoms with Gasteiger partial charge in [0.05, 0.1) is 23.8 Å². The SMILES string of the molecule is CC(C)n1cnc2c1C(c1cccs1)NCC2. The number of imidazole rings is 1. The van der Waals surface area contributed by atoms with Crippen molar-refractivity contribution >= 4 is 11.3 Å². The lowest BCUT2D eigenvalue weighted by Gasteiger charge is -2.26. The molecule has 1 unspecified atom stereocenters. The van der Waals surface area contributed by atoms with E-state index in [9.17, 15) is 0 Å². The van der Waals surface area contributed by atoms with E-state index >= 15 is 0 Å². The van der Waals surface area contributed by atoms with Crippen LogP contribution in [-0.2, 0) is 6.42 Å². The molecule has 0 radical (unpaired) electrons. The lowest BCUT2D eigenvalue weighted by atomic mass is 10.0. The van der Waals surface area contributed by atoms with Crippen LogP contribution in [0.3, 0.4) is 0 Å². The standard InChI is InChI=1S/C13H17N3S/c1-9(2)16-8-15-10-5-6-14-12(13(10)16)11-4-3-7-17-11/h3-4,7-9,12,14H,5-6H2,1-2H3. The quantitative estimate of drug-likeness (QED) is 0.884. The van der Waals surface area contributed by atoms with Crippen LogP contribution in [0.4, 0.5) is 0 Å². The Hall–Kier alpha value is -1.13. The molecule has 0 spiro atoms. The Morgan fingerprint density at radius 2 is 2.41 bits per heavy atom. The molecule has 0 bridgehead atoms. The predicted octanol–water partition coefficient (Wildman–Crippen LogP) is 2.76. The fraction of sp³-hybridized carbons (Fsp3) is 0.462. The number of hydrogen-bond donors (Lipinski definition) is 1. The van der Waals surface area contributed by atoms with E-state index in [0.29, 0.717) is 12.1 Å². The molecule has 0 fully saturated rings. The maximum absolute atomic E-state index is 4.57. The molecule has 0 amide bonds. The van der Waals surface area contributed by atoms with Gasteiger partial charge in [0, 0.05) is 23.9 Å². The van der Waals surface area contributed by atoms with Crippen LogP contribution in [0, 0.1) is 0 Å². The molecule has 2 aromatic heterocycles. The Kier molecular flexibility index (Phi) is 2.76. The second-order valence-corrected chi connectivity index (χ2v) is 5.71. The smallest absolute Gasteiger partial charge is 0.0954 e. The van der Waals surface area contributed by atoms with Gasteiger partial charge in [-0.25, -0.2) is 4.98 Å². The molecule has 1 atom stereocenters. The monoisotopic (exact) mass is 247 g/mol. The Morgan fingerprint density at radius 1 is 1.53 bits per heavy atom. The van der Waals surface area contributed by atoms with Crippen molar-refractivity contribution in [3.63, 3.8) is 0 Å². The highest BCUT2D eigenvalue weighted by molar-refractivity contribution is 7.10. The zero-order chi connectivity index (χ0) is 11.8. The van der Waals surface area contributed by atoms with Gasteiger partial charge >= 0.3 is 0 Å². The molecule has 0 aliphatic carbocycles. The van der Waals surface area contributed by atoms with Gasteiger partial charge in [-0.15, -0.1) is 11.3 Å². The Bertz CT molecular complexity index is 499. The molecule has 3 heterocycles. The first-order valence-corrected chi connectivity index (χ1v) is 6.97. The van der Waals surface area contributed by atoms with E-state index in [-0.39, 0.29) is 0 Å². The maximum atomic E-state index is 4.57. The summed E-state index contributed by atoms with van der Waals surface area (Å²) in [6.45, 7) is 5.44. The largest absolute Gasteiger partial charge is 0.330 e. The van der Waals surface area contributed by atoms with E-state index in [4.69, 9.17) is 0 Å². The number of rotatable bonds is 2. The second-order valence-electron chi connectivity index (χ2n) is 4.73. The molecule has 90 valence electrons. The van der Waals surface area contributed by atoms with E-state index in [0.717, 1.165) is 13.0 Å². The molecule has 17 heavy (non-hydrogen) atoms. The van der Waals surface area contributed by atoms with Crippen molar-refractivity contribution in [1.29, 1.82) is 0 Å². The molecular formula is C13H17N3S. The van der Waals surface area contributed by atoms with E-state index < -0.39 is 0 Å². The van der Waals surface area contributed by atoms with Crippen molar-refractivity contribution in [2.75, 3.05) is 6.54 Å². The zero-order valence-corrected chi connectivity index (χ0v) is 11.0. The molecule has 0 saturated carbocycles. The van der Waals surface area contributed by atoms with Crippen LogP contribution in [0.2, 0.25) is 0 Å². The summed E-state index contributed by atoms with van der Waals surface area (Å²) >= 11 is 1.81. The molecule has 4 heteroatoms. The maximum Gasteiger partial charge on any atom is 0.0954 e. The summed E-state index contributed by atoms with van der Waals surface area (Å²) in [6.07, 6.45) is 3.03. The van der Waals surface area contributed by atoms with Gasteiger partial charge in [0.25, 0.3) is 0 Å². The van der Waals surface area contributed by atoms with Crippen LogP contribution < -0.4 is 5.32 Å². The van der Waals surface area contributed by atoms with E-state index in [2.05, 4.69) is 46.2 Å². The van der Waals surface area contributed by atoms with Crippen molar-refractivity contribution in [1.82, 2.24) is 14.9 Å². The minimum absolute atomic E-state index is 0.323. The first kappa shape index (κ1) is 11.0. The van der Waals surface area contributed by atoms with Crippen LogP contribution in [0.25, 0.3) is 0 Å². The van der Waals surface area contributed by atoms with Gasteiger partial charge in [0.15, 0.2) is 0 Å². The van der Waals surface area contributed by atoms with E-state index in [1.54, 1.807) is 0 Å². The van der Waals surface area contributed by atoms with Crippen LogP contribution in [-0.4, -0.2) is 16.1 Å². The number of nitrogens with one attached hydrogen (secondary N) is 1. The van der Waals surface area contributed by atoms with Gasteiger partial charge in [-0.2, -0.15) is 0 Å². The van der Waals surface area contributed by atoms with Crippen LogP contribution in [0.5, 0.6) is 0 Å². The van der Waals surface area contributed by atoms with Crippen molar-refractivity contribution in [3.8, 4) is 0 Å². The average Bonchev–Trinajstić information content (AvgIpc) is 2.97. The molecular weight excluding hydrogens is 230 g/mol. The fourth-order valence-corrected chi connectivity index (χ4v) is 3.25. The third kappa shape index (κ3) is 1.81. The Morgan fingerprint density at radius 3 is 3.12 bits per heavy atom. The molecule has 3 nitrogen and oxygen atoms in total. The summed E-state index contributed by atoms with van der Waals surface area (Å²) < 4.78 is 2.30. The summed E-state index contributed by atoms with van der Waals surface area (Å²) in [5.41, 5.74) is 2.62. The van der Waals surface area contributed by atoms with E-state index in [1.807, 2.05) is 17.7 Å². The first-order chi connectivity index (χ1) is 8.27. The zero-order valence-electron chi connectivity index (χ0n) is 10.2. The Balaban J connectivity index is 2.09. The number of aromatic nitrogens is 2. The summed E-state index contributed by atoms with van der Waals surface area (Å²) in [7, 11) is 0. The van der Waals surface area contributed by atoms with Gasteiger partial charge < -0.3 is 9.88 Å². The number of hydrogen-bond acceptors (Lipinski definition) is 3. The topological polar surface area (TPSA) is 29.9 Å². The predicted molar refractivity (Wildman–Crippen MR) is 70.5 cm³/mol. The van der Waals surface area contributed by atoms with Gasteiger partial charge in [-0.3, -0.25) is 0 Å². The van der Waals surface area contributed by atoms with Gasteiger partial charge in [-0.05, 0) is 25.3 Å². The summed E-state index contributed by atoms with van der Waals surface area (Å²) in [5, 5.41) is 5.75. The third-order valence-electron chi connectivity index (χ3n) is 3.28. The molecule has 1 aliphatic heterocycles. The summed E-state index contributed by atoms with van der Waals surface area (Å²) in [4.78, 5) is 5.95. The fourth-order valence-electron chi connectivity index (χ4n) is 2.45. The third-order valence-corrected chi connectivity index (χ3v) is 4.22. The minimum Gasteiger partial charge on any atom is -0.330 e. The molecule has 1 aliphatic rings. The lowest BCUT2D eigenvalue weighted by molar-refractivity contribution is 0.495. The van der Waals surface area contributed by atoms with E-state index in [1.165, 1.54) is 16.3 Å². The number of nitrogens with zero attached hydrogens (tertiary/aromatic N) is 2. The van der Waals surface area contributed by atoms with Crippen molar-refractivity contribution in [2.45, 2.75) is 32.4 Å². The molecule has 0 saturated heterocycles. The highest BCUT2D eigenvalue weighted by Gasteiger charge is 2.27. The number of thiophene rings is 1. The normalized spacial score (nSPS) is 19.6. The summed E-state index contributed by atoms with van der Waals surface area (Å²) in [6, 6.07) is 5.11. The van der Waals surface area contributed by atoms with Crippen molar-refractivity contribution < 1.29 is 0 Å². The molecule has 1 N–H and O–H groups in total. The van der Waals surface area contributed by atoms with Crippen LogP contribution in [0.15, 0.2) is 23.8 Å². The van der Waals surface area contributed by atoms with Crippen molar-refractivity contribution in [2.24, 2.45) is 0 Å². The molecule has 3 rings (SSSR count). The average molecular weight is 247 g/mol. The number of fused-ring (bicyclic) bond motifs is 1. The minimum atomic E-state index is 0.323. The van der Waals surface area contributed by atoms with Crippen molar-refractivity contribution in [3.05, 3.63) is 40.1 Å². The van der Waals surface area contributed by atoms with Crippen LogP contribution >= 0.6 is 11.3 Å². The van der Waals surface area contributed by atoms with Gasteiger partial charge in [0.1, 0.15) is 0 Å². The second kappa shape index (κ2) is 4.27. The van der Waals surface area contributed by atoms with Gasteiger partial charge in [0.2, 0.25) is 0 Å². The highest BCUT2D eigenvalue weighted by Crippen LogP contribution is 2.32. The highest BCUT2D eigenvalue weighted by atomic mass is 32.1. The lowest BCUT2D eigenvalue weighted by Crippen LogP contribution is -2.32. The molecule has 2 aromatic rings. The first-order valence-electron chi connectivity index (χ1n) is 6.09. The van der Waals surface area contributed by atoms with Crippen LogP contribution in [0.1, 0.15) is 42.2 Å². The Labute approximate surface area is 106 Å². The molecule has 0 aromatic carbocycles. The summed E-state index contributed by atoms with van der Waals surface area (Å²) in [5.74, 6) is 0.